The Kier molecular flexibility index (Phi) is 3.50. The summed E-state index contributed by atoms with van der Waals surface area (Å²) in [6.07, 6.45) is 3.77. The fourth-order valence-electron chi connectivity index (χ4n) is 2.45. The van der Waals surface area contributed by atoms with E-state index in [2.05, 4.69) is 20.3 Å². The molecule has 0 radical (unpaired) electrons. The molecule has 5 nitrogen and oxygen atoms in total. The zero-order valence-corrected chi connectivity index (χ0v) is 13.9. The molecule has 0 unspecified atom stereocenters. The number of aryl methyl sites for hydroxylation is 1. The average molecular weight is 345 g/mol. The van der Waals surface area contributed by atoms with Crippen molar-refractivity contribution >= 4 is 44.2 Å². The van der Waals surface area contributed by atoms with Crippen LogP contribution in [-0.2, 0) is 0 Å². The zero-order valence-electron chi connectivity index (χ0n) is 12.3. The van der Waals surface area contributed by atoms with Crippen LogP contribution in [0, 0.1) is 6.92 Å². The number of benzene rings is 1. The van der Waals surface area contributed by atoms with Crippen LogP contribution in [0.15, 0.2) is 24.4 Å². The van der Waals surface area contributed by atoms with E-state index in [0.717, 1.165) is 28.8 Å². The van der Waals surface area contributed by atoms with E-state index in [1.54, 1.807) is 12.3 Å². The number of hydrogen-bond acceptors (Lipinski definition) is 5. The summed E-state index contributed by atoms with van der Waals surface area (Å²) in [4.78, 5) is 25.6. The minimum absolute atomic E-state index is 0.211. The predicted molar refractivity (Wildman–Crippen MR) is 91.3 cm³/mol. The third-order valence-corrected chi connectivity index (χ3v) is 4.90. The third-order valence-electron chi connectivity index (χ3n) is 3.72. The van der Waals surface area contributed by atoms with Crippen molar-refractivity contribution in [2.24, 2.45) is 0 Å². The number of amides is 1. The number of nitrogens with zero attached hydrogens (tertiary/aromatic N) is 3. The highest BCUT2D eigenvalue weighted by molar-refractivity contribution is 7.22. The van der Waals surface area contributed by atoms with Gasteiger partial charge in [-0.2, -0.15) is 0 Å². The van der Waals surface area contributed by atoms with E-state index in [0.29, 0.717) is 27.5 Å². The number of fused-ring (bicyclic) bond motifs is 1. The Morgan fingerprint density at radius 3 is 2.96 bits per heavy atom. The van der Waals surface area contributed by atoms with Crippen LogP contribution in [-0.4, -0.2) is 20.9 Å². The van der Waals surface area contributed by atoms with Gasteiger partial charge in [-0.05, 0) is 38.0 Å². The standard InChI is InChI=1S/C16H13ClN4OS/c1-8-18-7-11(14(19-8)9-2-3-9)15(22)21-16-20-12-6-10(17)4-5-13(12)23-16/h4-7,9H,2-3H2,1H3,(H,20,21,22). The van der Waals surface area contributed by atoms with Crippen LogP contribution in [0.5, 0.6) is 0 Å². The molecule has 0 aliphatic heterocycles. The van der Waals surface area contributed by atoms with Crippen molar-refractivity contribution in [3.63, 3.8) is 0 Å². The first kappa shape index (κ1) is 14.5. The van der Waals surface area contributed by atoms with Crippen molar-refractivity contribution in [2.75, 3.05) is 5.32 Å². The average Bonchev–Trinajstić information content (AvgIpc) is 3.28. The number of carbonyl (C=O) groups is 1. The monoisotopic (exact) mass is 344 g/mol. The second-order valence-corrected chi connectivity index (χ2v) is 7.04. The second kappa shape index (κ2) is 5.54. The number of rotatable bonds is 3. The molecule has 1 aromatic carbocycles. The van der Waals surface area contributed by atoms with Gasteiger partial charge < -0.3 is 0 Å². The van der Waals surface area contributed by atoms with Crippen LogP contribution in [0.3, 0.4) is 0 Å². The van der Waals surface area contributed by atoms with Gasteiger partial charge in [-0.3, -0.25) is 10.1 Å². The molecule has 0 atom stereocenters. The summed E-state index contributed by atoms with van der Waals surface area (Å²) < 4.78 is 0.979. The second-order valence-electron chi connectivity index (χ2n) is 5.58. The largest absolute Gasteiger partial charge is 0.298 e. The van der Waals surface area contributed by atoms with Crippen molar-refractivity contribution < 1.29 is 4.79 Å². The molecule has 1 aliphatic carbocycles. The molecule has 0 bridgehead atoms. The van der Waals surface area contributed by atoms with Crippen LogP contribution in [0.1, 0.15) is 40.6 Å². The summed E-state index contributed by atoms with van der Waals surface area (Å²) in [5.74, 6) is 0.863. The maximum atomic E-state index is 12.6. The zero-order chi connectivity index (χ0) is 16.0. The van der Waals surface area contributed by atoms with Gasteiger partial charge in [-0.1, -0.05) is 22.9 Å². The first-order valence-corrected chi connectivity index (χ1v) is 8.50. The lowest BCUT2D eigenvalue weighted by molar-refractivity contribution is 0.102. The van der Waals surface area contributed by atoms with Gasteiger partial charge in [0.15, 0.2) is 5.13 Å². The van der Waals surface area contributed by atoms with Crippen LogP contribution < -0.4 is 5.32 Å². The van der Waals surface area contributed by atoms with Gasteiger partial charge in [0, 0.05) is 17.1 Å². The minimum atomic E-state index is -0.211. The molecule has 1 amide bonds. The number of halogens is 1. The van der Waals surface area contributed by atoms with Gasteiger partial charge in [0.2, 0.25) is 0 Å². The molecule has 1 saturated carbocycles. The molecule has 1 aliphatic rings. The molecule has 0 saturated heterocycles. The molecular formula is C16H13ClN4OS. The molecule has 116 valence electrons. The number of nitrogens with one attached hydrogen (secondary N) is 1. The first-order chi connectivity index (χ1) is 11.1. The van der Waals surface area contributed by atoms with E-state index >= 15 is 0 Å². The Labute approximate surface area is 141 Å². The van der Waals surface area contributed by atoms with E-state index in [4.69, 9.17) is 11.6 Å². The number of thiazole rings is 1. The molecule has 3 aromatic rings. The molecule has 4 rings (SSSR count). The maximum absolute atomic E-state index is 12.6. The van der Waals surface area contributed by atoms with Crippen molar-refractivity contribution in [3.8, 4) is 0 Å². The summed E-state index contributed by atoms with van der Waals surface area (Å²) in [6.45, 7) is 1.84. The summed E-state index contributed by atoms with van der Waals surface area (Å²) >= 11 is 7.39. The summed E-state index contributed by atoms with van der Waals surface area (Å²) in [5.41, 5.74) is 2.16. The minimum Gasteiger partial charge on any atom is -0.298 e. The van der Waals surface area contributed by atoms with E-state index < -0.39 is 0 Å². The number of anilines is 1. The van der Waals surface area contributed by atoms with E-state index in [1.807, 2.05) is 19.1 Å². The summed E-state index contributed by atoms with van der Waals surface area (Å²) in [5, 5.41) is 4.03. The molecule has 23 heavy (non-hydrogen) atoms. The molecule has 1 N–H and O–H groups in total. The van der Waals surface area contributed by atoms with Crippen molar-refractivity contribution in [1.29, 1.82) is 0 Å². The van der Waals surface area contributed by atoms with E-state index in [1.165, 1.54) is 11.3 Å². The lowest BCUT2D eigenvalue weighted by atomic mass is 10.1. The van der Waals surface area contributed by atoms with E-state index in [-0.39, 0.29) is 5.91 Å². The Hall–Kier alpha value is -2.05. The van der Waals surface area contributed by atoms with Gasteiger partial charge >= 0.3 is 0 Å². The SMILES string of the molecule is Cc1ncc(C(=O)Nc2nc3cc(Cl)ccc3s2)c(C2CC2)n1. The maximum Gasteiger partial charge on any atom is 0.260 e. The normalized spacial score (nSPS) is 14.2. The van der Waals surface area contributed by atoms with Crippen LogP contribution in [0.4, 0.5) is 5.13 Å². The number of aromatic nitrogens is 3. The Balaban J connectivity index is 1.64. The molecule has 0 spiro atoms. The van der Waals surface area contributed by atoms with Crippen molar-refractivity contribution in [3.05, 3.63) is 46.5 Å². The summed E-state index contributed by atoms with van der Waals surface area (Å²) in [6, 6.07) is 5.50. The smallest absolute Gasteiger partial charge is 0.260 e. The third kappa shape index (κ3) is 2.92. The predicted octanol–water partition coefficient (Wildman–Crippen LogP) is 4.18. The summed E-state index contributed by atoms with van der Waals surface area (Å²) in [7, 11) is 0. The van der Waals surface area contributed by atoms with Gasteiger partial charge in [0.05, 0.1) is 21.5 Å². The van der Waals surface area contributed by atoms with Gasteiger partial charge in [-0.15, -0.1) is 0 Å². The Morgan fingerprint density at radius 2 is 2.17 bits per heavy atom. The fourth-order valence-corrected chi connectivity index (χ4v) is 3.46. The fraction of sp³-hybridized carbons (Fsp3) is 0.250. The first-order valence-electron chi connectivity index (χ1n) is 7.31. The number of carbonyl (C=O) groups excluding carboxylic acids is 1. The van der Waals surface area contributed by atoms with Gasteiger partial charge in [0.1, 0.15) is 5.82 Å². The lowest BCUT2D eigenvalue weighted by Crippen LogP contribution is -2.16. The molecular weight excluding hydrogens is 332 g/mol. The van der Waals surface area contributed by atoms with Crippen LogP contribution >= 0.6 is 22.9 Å². The van der Waals surface area contributed by atoms with Crippen LogP contribution in [0.2, 0.25) is 5.02 Å². The van der Waals surface area contributed by atoms with Gasteiger partial charge in [-0.25, -0.2) is 15.0 Å². The number of hydrogen-bond donors (Lipinski definition) is 1. The Morgan fingerprint density at radius 1 is 1.35 bits per heavy atom. The molecule has 2 heterocycles. The van der Waals surface area contributed by atoms with Crippen molar-refractivity contribution in [1.82, 2.24) is 15.0 Å². The highest BCUT2D eigenvalue weighted by Crippen LogP contribution is 2.40. The van der Waals surface area contributed by atoms with E-state index in [9.17, 15) is 4.79 Å². The quantitative estimate of drug-likeness (QED) is 0.774. The molecule has 2 aromatic heterocycles. The molecule has 7 heteroatoms. The van der Waals surface area contributed by atoms with Crippen LogP contribution in [0.25, 0.3) is 10.2 Å². The van der Waals surface area contributed by atoms with Gasteiger partial charge in [0.25, 0.3) is 5.91 Å². The Bertz CT molecular complexity index is 920. The van der Waals surface area contributed by atoms with Crippen molar-refractivity contribution in [2.45, 2.75) is 25.7 Å². The topological polar surface area (TPSA) is 67.8 Å². The lowest BCUT2D eigenvalue weighted by Gasteiger charge is -2.07. The highest BCUT2D eigenvalue weighted by atomic mass is 35.5. The highest BCUT2D eigenvalue weighted by Gasteiger charge is 2.30. The molecule has 1 fully saturated rings.